The Kier molecular flexibility index (Phi) is 5.10. The molecule has 2 amide bonds. The standard InChI is InChI=1S/C16H15N3O5/c1-10-12(6-4-7-13(10)19(22)23)18-15(20)9-24-14-8-3-2-5-11(14)16(17)21/h2-8H,9H2,1H3,(H2,17,21)(H,18,20). The van der Waals surface area contributed by atoms with E-state index in [0.717, 1.165) is 0 Å². The molecule has 0 atom stereocenters. The maximum absolute atomic E-state index is 12.0. The van der Waals surface area contributed by atoms with E-state index in [-0.39, 0.29) is 23.6 Å². The van der Waals surface area contributed by atoms with Crippen LogP contribution in [-0.2, 0) is 4.79 Å². The molecule has 24 heavy (non-hydrogen) atoms. The van der Waals surface area contributed by atoms with Crippen LogP contribution in [0.4, 0.5) is 11.4 Å². The Morgan fingerprint density at radius 2 is 1.92 bits per heavy atom. The molecule has 2 rings (SSSR count). The highest BCUT2D eigenvalue weighted by atomic mass is 16.6. The fourth-order valence-electron chi connectivity index (χ4n) is 2.08. The highest BCUT2D eigenvalue weighted by Crippen LogP contribution is 2.25. The molecule has 124 valence electrons. The van der Waals surface area contributed by atoms with Crippen LogP contribution >= 0.6 is 0 Å². The molecule has 0 heterocycles. The van der Waals surface area contributed by atoms with E-state index in [1.54, 1.807) is 18.2 Å². The number of nitrogens with two attached hydrogens (primary N) is 1. The Balaban J connectivity index is 2.06. The van der Waals surface area contributed by atoms with E-state index in [1.807, 2.05) is 0 Å². The molecular weight excluding hydrogens is 314 g/mol. The summed E-state index contributed by atoms with van der Waals surface area (Å²) < 4.78 is 5.30. The smallest absolute Gasteiger partial charge is 0.274 e. The van der Waals surface area contributed by atoms with Gasteiger partial charge >= 0.3 is 0 Å². The number of carbonyl (C=O) groups is 2. The second-order valence-corrected chi connectivity index (χ2v) is 4.90. The first-order valence-corrected chi connectivity index (χ1v) is 6.95. The minimum atomic E-state index is -0.666. The van der Waals surface area contributed by atoms with Gasteiger partial charge in [-0.15, -0.1) is 0 Å². The van der Waals surface area contributed by atoms with Crippen molar-refractivity contribution in [3.05, 3.63) is 63.7 Å². The van der Waals surface area contributed by atoms with Crippen molar-refractivity contribution in [1.29, 1.82) is 0 Å². The number of benzene rings is 2. The van der Waals surface area contributed by atoms with Crippen LogP contribution in [0.5, 0.6) is 5.75 Å². The number of hydrogen-bond donors (Lipinski definition) is 2. The fraction of sp³-hybridized carbons (Fsp3) is 0.125. The highest BCUT2D eigenvalue weighted by molar-refractivity contribution is 5.96. The molecule has 0 aromatic heterocycles. The third kappa shape index (κ3) is 3.86. The van der Waals surface area contributed by atoms with Gasteiger partial charge in [-0.25, -0.2) is 0 Å². The second kappa shape index (κ2) is 7.23. The summed E-state index contributed by atoms with van der Waals surface area (Å²) >= 11 is 0. The first-order chi connectivity index (χ1) is 11.4. The number of nitrogens with one attached hydrogen (secondary N) is 1. The van der Waals surface area contributed by atoms with Crippen LogP contribution in [0.2, 0.25) is 0 Å². The largest absolute Gasteiger partial charge is 0.483 e. The molecule has 0 radical (unpaired) electrons. The van der Waals surface area contributed by atoms with Crippen molar-refractivity contribution in [2.45, 2.75) is 6.92 Å². The lowest BCUT2D eigenvalue weighted by molar-refractivity contribution is -0.385. The number of nitro groups is 1. The Labute approximate surface area is 137 Å². The van der Waals surface area contributed by atoms with E-state index in [9.17, 15) is 19.7 Å². The molecule has 3 N–H and O–H groups in total. The average Bonchev–Trinajstić information content (AvgIpc) is 2.54. The number of anilines is 1. The van der Waals surface area contributed by atoms with Crippen molar-refractivity contribution in [3.63, 3.8) is 0 Å². The van der Waals surface area contributed by atoms with Crippen LogP contribution in [-0.4, -0.2) is 23.3 Å². The van der Waals surface area contributed by atoms with Gasteiger partial charge in [0.1, 0.15) is 5.75 Å². The topological polar surface area (TPSA) is 125 Å². The van der Waals surface area contributed by atoms with Gasteiger partial charge in [0.25, 0.3) is 17.5 Å². The summed E-state index contributed by atoms with van der Waals surface area (Å²) in [6, 6.07) is 10.7. The molecule has 0 spiro atoms. The molecule has 0 aliphatic rings. The Hall–Kier alpha value is -3.42. The van der Waals surface area contributed by atoms with Crippen molar-refractivity contribution in [3.8, 4) is 5.75 Å². The Morgan fingerprint density at radius 1 is 1.21 bits per heavy atom. The predicted octanol–water partition coefficient (Wildman–Crippen LogP) is 2.02. The number of hydrogen-bond acceptors (Lipinski definition) is 5. The summed E-state index contributed by atoms with van der Waals surface area (Å²) in [4.78, 5) is 33.6. The number of primary amides is 1. The molecule has 2 aromatic rings. The van der Waals surface area contributed by atoms with Gasteiger partial charge in [0.15, 0.2) is 6.61 Å². The van der Waals surface area contributed by atoms with E-state index in [0.29, 0.717) is 11.3 Å². The van der Waals surface area contributed by atoms with Gasteiger partial charge in [0, 0.05) is 6.07 Å². The summed E-state index contributed by atoms with van der Waals surface area (Å²) in [6.45, 7) is 1.17. The average molecular weight is 329 g/mol. The normalized spacial score (nSPS) is 10.0. The molecule has 0 saturated heterocycles. The quantitative estimate of drug-likeness (QED) is 0.619. The predicted molar refractivity (Wildman–Crippen MR) is 86.9 cm³/mol. The molecule has 0 fully saturated rings. The molecule has 8 heteroatoms. The number of amides is 2. The van der Waals surface area contributed by atoms with Crippen LogP contribution in [0.1, 0.15) is 15.9 Å². The van der Waals surface area contributed by atoms with Gasteiger partial charge in [-0.3, -0.25) is 19.7 Å². The monoisotopic (exact) mass is 329 g/mol. The molecule has 0 unspecified atom stereocenters. The molecule has 0 aliphatic carbocycles. The second-order valence-electron chi connectivity index (χ2n) is 4.90. The van der Waals surface area contributed by atoms with Crippen molar-refractivity contribution in [1.82, 2.24) is 0 Å². The lowest BCUT2D eigenvalue weighted by Gasteiger charge is -2.11. The highest BCUT2D eigenvalue weighted by Gasteiger charge is 2.15. The van der Waals surface area contributed by atoms with Crippen molar-refractivity contribution >= 4 is 23.2 Å². The minimum Gasteiger partial charge on any atom is -0.483 e. The molecule has 0 saturated carbocycles. The van der Waals surface area contributed by atoms with Gasteiger partial charge in [0.2, 0.25) is 0 Å². The first-order valence-electron chi connectivity index (χ1n) is 6.95. The van der Waals surface area contributed by atoms with E-state index in [4.69, 9.17) is 10.5 Å². The molecular formula is C16H15N3O5. The fourth-order valence-corrected chi connectivity index (χ4v) is 2.08. The van der Waals surface area contributed by atoms with E-state index in [1.165, 1.54) is 31.2 Å². The zero-order valence-corrected chi connectivity index (χ0v) is 12.8. The Bertz CT molecular complexity index is 804. The van der Waals surface area contributed by atoms with Crippen molar-refractivity contribution in [2.75, 3.05) is 11.9 Å². The summed E-state index contributed by atoms with van der Waals surface area (Å²) in [5.41, 5.74) is 5.96. The zero-order chi connectivity index (χ0) is 17.7. The van der Waals surface area contributed by atoms with Crippen LogP contribution in [0, 0.1) is 17.0 Å². The van der Waals surface area contributed by atoms with E-state index < -0.39 is 16.7 Å². The lowest BCUT2D eigenvalue weighted by Crippen LogP contribution is -2.22. The van der Waals surface area contributed by atoms with Crippen LogP contribution in [0.3, 0.4) is 0 Å². The SMILES string of the molecule is Cc1c(NC(=O)COc2ccccc2C(N)=O)cccc1[N+](=O)[O-]. The molecule has 8 nitrogen and oxygen atoms in total. The summed E-state index contributed by atoms with van der Waals surface area (Å²) in [6.07, 6.45) is 0. The first kappa shape index (κ1) is 16.9. The van der Waals surface area contributed by atoms with Gasteiger partial charge in [-0.2, -0.15) is 0 Å². The van der Waals surface area contributed by atoms with Crippen LogP contribution < -0.4 is 15.8 Å². The van der Waals surface area contributed by atoms with Crippen LogP contribution in [0.25, 0.3) is 0 Å². The summed E-state index contributed by atoms with van der Waals surface area (Å²) in [5, 5.41) is 13.4. The number of para-hydroxylation sites is 1. The third-order valence-electron chi connectivity index (χ3n) is 3.29. The zero-order valence-electron chi connectivity index (χ0n) is 12.8. The van der Waals surface area contributed by atoms with Crippen molar-refractivity contribution in [2.24, 2.45) is 5.73 Å². The van der Waals surface area contributed by atoms with E-state index in [2.05, 4.69) is 5.32 Å². The summed E-state index contributed by atoms with van der Waals surface area (Å²) in [5.74, 6) is -0.991. The van der Waals surface area contributed by atoms with E-state index >= 15 is 0 Å². The van der Waals surface area contributed by atoms with Gasteiger partial charge in [0.05, 0.1) is 21.7 Å². The minimum absolute atomic E-state index is 0.0900. The van der Waals surface area contributed by atoms with Gasteiger partial charge < -0.3 is 15.8 Å². The van der Waals surface area contributed by atoms with Crippen molar-refractivity contribution < 1.29 is 19.2 Å². The van der Waals surface area contributed by atoms with Gasteiger partial charge in [-0.1, -0.05) is 18.2 Å². The number of carbonyl (C=O) groups excluding carboxylic acids is 2. The number of ether oxygens (including phenoxy) is 1. The molecule has 0 aliphatic heterocycles. The lowest BCUT2D eigenvalue weighted by atomic mass is 10.1. The maximum Gasteiger partial charge on any atom is 0.274 e. The maximum atomic E-state index is 12.0. The number of nitrogens with zero attached hydrogens (tertiary/aromatic N) is 1. The molecule has 0 bridgehead atoms. The van der Waals surface area contributed by atoms with Gasteiger partial charge in [-0.05, 0) is 25.1 Å². The van der Waals surface area contributed by atoms with Crippen LogP contribution in [0.15, 0.2) is 42.5 Å². The third-order valence-corrected chi connectivity index (χ3v) is 3.29. The molecule has 2 aromatic carbocycles. The number of nitro benzene ring substituents is 1. The Morgan fingerprint density at radius 3 is 2.58 bits per heavy atom. The number of rotatable bonds is 6. The summed E-state index contributed by atoms with van der Waals surface area (Å²) in [7, 11) is 0.